The molecular weight excluding hydrogens is 142 g/mol. The quantitative estimate of drug-likeness (QED) is 0.413. The summed E-state index contributed by atoms with van der Waals surface area (Å²) >= 11 is 1.41. The fraction of sp³-hybridized carbons (Fsp3) is 1.00. The van der Waals surface area contributed by atoms with E-state index in [1.807, 2.05) is 0 Å². The van der Waals surface area contributed by atoms with Gasteiger partial charge in [0.15, 0.2) is 0 Å². The van der Waals surface area contributed by atoms with Gasteiger partial charge in [0, 0.05) is 0 Å². The predicted octanol–water partition coefficient (Wildman–Crippen LogP) is 2.29. The summed E-state index contributed by atoms with van der Waals surface area (Å²) in [4.78, 5) is 0. The minimum atomic E-state index is 0. The monoisotopic (exact) mass is 160 g/mol. The molecule has 2 heteroatoms. The van der Waals surface area contributed by atoms with Crippen LogP contribution in [0.1, 0.15) is 45.4 Å². The first kappa shape index (κ1) is 14.5. The number of unbranched alkanes of at least 4 members (excludes halogenated alkanes) is 5. The Hall–Kier alpha value is 2.00. The van der Waals surface area contributed by atoms with E-state index in [2.05, 4.69) is 6.92 Å². The van der Waals surface area contributed by atoms with E-state index in [0.29, 0.717) is 0 Å². The van der Waals surface area contributed by atoms with E-state index >= 15 is 0 Å². The van der Waals surface area contributed by atoms with Crippen LogP contribution in [0.3, 0.4) is 0 Å². The summed E-state index contributed by atoms with van der Waals surface area (Å²) in [6.07, 6.45) is 8.76. The van der Waals surface area contributed by atoms with Crippen LogP contribution in [-0.4, -0.2) is 57.5 Å². The second-order valence-electron chi connectivity index (χ2n) is 2.77. The summed E-state index contributed by atoms with van der Waals surface area (Å²) < 4.78 is 1.51. The summed E-state index contributed by atoms with van der Waals surface area (Å²) in [5.74, 6) is 0. The molecule has 0 atom stereocenters. The molecule has 0 heterocycles. The van der Waals surface area contributed by atoms with E-state index in [1.54, 1.807) is 0 Å². The van der Waals surface area contributed by atoms with Gasteiger partial charge in [0.05, 0.1) is 0 Å². The molecule has 0 aliphatic rings. The summed E-state index contributed by atoms with van der Waals surface area (Å²) in [6.45, 7) is 2.27. The Labute approximate surface area is 105 Å². The molecule has 0 unspecified atom stereocenters. The van der Waals surface area contributed by atoms with Crippen molar-refractivity contribution in [1.29, 1.82) is 0 Å². The van der Waals surface area contributed by atoms with Crippen molar-refractivity contribution in [3.8, 4) is 0 Å². The van der Waals surface area contributed by atoms with Crippen LogP contribution in [0.4, 0.5) is 0 Å². The van der Waals surface area contributed by atoms with Crippen molar-refractivity contribution in [2.75, 3.05) is 0 Å². The zero-order valence-corrected chi connectivity index (χ0v) is 8.95. The third kappa shape index (κ3) is 12.7. The van der Waals surface area contributed by atoms with Crippen molar-refractivity contribution < 1.29 is 0 Å². The maximum atomic E-state index is 2.27. The van der Waals surface area contributed by atoms with Crippen molar-refractivity contribution >= 4 is 57.5 Å². The van der Waals surface area contributed by atoms with Crippen LogP contribution < -0.4 is 0 Å². The van der Waals surface area contributed by atoms with Gasteiger partial charge in [-0.3, -0.25) is 0 Å². The second kappa shape index (κ2) is 13.6. The summed E-state index contributed by atoms with van der Waals surface area (Å²) in [5, 5.41) is 0. The molecule has 0 aromatic heterocycles. The Balaban J connectivity index is 0. The van der Waals surface area contributed by atoms with Gasteiger partial charge in [0.2, 0.25) is 0 Å². The average Bonchev–Trinajstić information content (AvgIpc) is 1.89. The molecular formula is C8H18Na2. The number of rotatable bonds is 6. The Bertz CT molecular complexity index is 40.5. The van der Waals surface area contributed by atoms with Crippen molar-refractivity contribution in [2.24, 2.45) is 0 Å². The van der Waals surface area contributed by atoms with Gasteiger partial charge in [0.25, 0.3) is 0 Å². The van der Waals surface area contributed by atoms with Crippen LogP contribution >= 0.6 is 0 Å². The SMILES string of the molecule is CCCCCCC[CH2][Na].[NaH]. The maximum absolute atomic E-state index is 2.27. The Kier molecular flexibility index (Phi) is 19.7. The van der Waals surface area contributed by atoms with Crippen LogP contribution in [0.2, 0.25) is 3.67 Å². The third-order valence-electron chi connectivity index (χ3n) is 1.71. The molecule has 0 aromatic rings. The molecule has 52 valence electrons. The van der Waals surface area contributed by atoms with Crippen molar-refractivity contribution in [3.05, 3.63) is 0 Å². The van der Waals surface area contributed by atoms with Gasteiger partial charge in [-0.2, -0.15) is 0 Å². The standard InChI is InChI=1S/C8H17.2Na.H/c1-3-5-7-8-6-4-2;;;/h1,3-8H2,2H3;;;. The molecule has 0 fully saturated rings. The summed E-state index contributed by atoms with van der Waals surface area (Å²) in [5.41, 5.74) is 0. The molecule has 0 saturated heterocycles. The second-order valence-corrected chi connectivity index (χ2v) is 3.77. The Morgan fingerprint density at radius 3 is 1.90 bits per heavy atom. The molecule has 0 spiro atoms. The number of hydrogen-bond acceptors (Lipinski definition) is 0. The molecule has 0 bridgehead atoms. The van der Waals surface area contributed by atoms with E-state index in [9.17, 15) is 0 Å². The summed E-state index contributed by atoms with van der Waals surface area (Å²) in [6, 6.07) is 0. The topological polar surface area (TPSA) is 0 Å². The summed E-state index contributed by atoms with van der Waals surface area (Å²) in [7, 11) is 0. The van der Waals surface area contributed by atoms with E-state index < -0.39 is 0 Å². The van der Waals surface area contributed by atoms with Gasteiger partial charge < -0.3 is 0 Å². The van der Waals surface area contributed by atoms with Crippen LogP contribution in [0.15, 0.2) is 0 Å². The van der Waals surface area contributed by atoms with E-state index in [0.717, 1.165) is 0 Å². The molecule has 0 nitrogen and oxygen atoms in total. The first-order valence-electron chi connectivity index (χ1n) is 4.41. The fourth-order valence-corrected chi connectivity index (χ4v) is 1.53. The zero-order valence-electron chi connectivity index (χ0n) is 6.95. The molecule has 10 heavy (non-hydrogen) atoms. The van der Waals surface area contributed by atoms with E-state index in [-0.39, 0.29) is 29.6 Å². The average molecular weight is 160 g/mol. The Morgan fingerprint density at radius 2 is 1.40 bits per heavy atom. The third-order valence-corrected chi connectivity index (χ3v) is 2.41. The van der Waals surface area contributed by atoms with Crippen LogP contribution in [0.25, 0.3) is 0 Å². The van der Waals surface area contributed by atoms with Gasteiger partial charge in [-0.25, -0.2) is 0 Å². The molecule has 0 aliphatic carbocycles. The zero-order chi connectivity index (χ0) is 6.95. The normalized spacial score (nSPS) is 9.10. The van der Waals surface area contributed by atoms with Gasteiger partial charge in [-0.1, -0.05) is 0 Å². The minimum absolute atomic E-state index is 0. The van der Waals surface area contributed by atoms with E-state index in [1.165, 1.54) is 70.1 Å². The molecule has 0 aliphatic heterocycles. The van der Waals surface area contributed by atoms with Crippen molar-refractivity contribution in [1.82, 2.24) is 0 Å². The van der Waals surface area contributed by atoms with Crippen molar-refractivity contribution in [2.45, 2.75) is 49.1 Å². The van der Waals surface area contributed by atoms with Crippen LogP contribution in [0, 0.1) is 0 Å². The van der Waals surface area contributed by atoms with Gasteiger partial charge in [-0.05, 0) is 0 Å². The predicted molar refractivity (Wildman–Crippen MR) is 51.1 cm³/mol. The van der Waals surface area contributed by atoms with Gasteiger partial charge >= 0.3 is 107 Å². The first-order chi connectivity index (χ1) is 4.41. The fourth-order valence-electron chi connectivity index (χ4n) is 1.03. The van der Waals surface area contributed by atoms with Gasteiger partial charge in [0.1, 0.15) is 0 Å². The molecule has 0 aromatic carbocycles. The molecule has 0 rings (SSSR count). The molecule has 0 radical (unpaired) electrons. The van der Waals surface area contributed by atoms with E-state index in [4.69, 9.17) is 0 Å². The van der Waals surface area contributed by atoms with Crippen molar-refractivity contribution in [3.63, 3.8) is 0 Å². The molecule has 0 amide bonds. The van der Waals surface area contributed by atoms with Gasteiger partial charge in [-0.15, -0.1) is 0 Å². The first-order valence-corrected chi connectivity index (χ1v) is 5.83. The van der Waals surface area contributed by atoms with Crippen LogP contribution in [0.5, 0.6) is 0 Å². The Morgan fingerprint density at radius 1 is 0.900 bits per heavy atom. The molecule has 0 N–H and O–H groups in total. The molecule has 0 saturated carbocycles. The number of hydrogen-bond donors (Lipinski definition) is 0. The van der Waals surface area contributed by atoms with Crippen LogP contribution in [-0.2, 0) is 0 Å².